The number of alkyl halides is 3. The standard InChI is InChI=1S/C14H6BrF3N3O2/c15-11-5-4-10(7-19-11)22-9-3-1-2-8(6-9)12-20-13(23-21-12)14(16,17)18/h1-2,4-7H. The van der Waals surface area contributed by atoms with E-state index in [9.17, 15) is 13.2 Å². The molecule has 0 aliphatic carbocycles. The maximum Gasteiger partial charge on any atom is 0.471 e. The zero-order valence-corrected chi connectivity index (χ0v) is 12.7. The second-order valence-electron chi connectivity index (χ2n) is 4.28. The van der Waals surface area contributed by atoms with Crippen LogP contribution in [0.15, 0.2) is 45.7 Å². The predicted octanol–water partition coefficient (Wildman–Crippen LogP) is 4.51. The number of rotatable bonds is 3. The number of aromatic nitrogens is 3. The zero-order chi connectivity index (χ0) is 16.4. The van der Waals surface area contributed by atoms with Crippen LogP contribution in [-0.2, 0) is 6.18 Å². The Morgan fingerprint density at radius 2 is 2.04 bits per heavy atom. The first-order valence-electron chi connectivity index (χ1n) is 6.14. The molecule has 2 heterocycles. The topological polar surface area (TPSA) is 61.0 Å². The van der Waals surface area contributed by atoms with E-state index in [2.05, 4.69) is 41.6 Å². The van der Waals surface area contributed by atoms with Crippen molar-refractivity contribution in [2.24, 2.45) is 0 Å². The Bertz CT molecular complexity index is 819. The highest BCUT2D eigenvalue weighted by Crippen LogP contribution is 2.30. The van der Waals surface area contributed by atoms with E-state index in [0.29, 0.717) is 15.9 Å². The molecule has 0 unspecified atom stereocenters. The first kappa shape index (κ1) is 15.5. The first-order valence-corrected chi connectivity index (χ1v) is 6.93. The average molecular weight is 385 g/mol. The molecule has 0 fully saturated rings. The molecule has 0 amide bonds. The summed E-state index contributed by atoms with van der Waals surface area (Å²) < 4.78 is 47.8. The van der Waals surface area contributed by atoms with Gasteiger partial charge in [-0.25, -0.2) is 4.98 Å². The molecule has 0 N–H and O–H groups in total. The Hall–Kier alpha value is -2.42. The molecule has 0 spiro atoms. The number of benzene rings is 1. The summed E-state index contributed by atoms with van der Waals surface area (Å²) in [5.74, 6) is -0.860. The van der Waals surface area contributed by atoms with E-state index >= 15 is 0 Å². The maximum absolute atomic E-state index is 12.5. The number of hydrogen-bond acceptors (Lipinski definition) is 5. The van der Waals surface area contributed by atoms with Crippen LogP contribution >= 0.6 is 15.9 Å². The molecule has 0 bridgehead atoms. The molecule has 3 rings (SSSR count). The molecule has 0 saturated carbocycles. The molecular formula is C14H6BrF3N3O2. The van der Waals surface area contributed by atoms with Crippen LogP contribution in [0.1, 0.15) is 5.89 Å². The van der Waals surface area contributed by atoms with Crippen molar-refractivity contribution in [1.82, 2.24) is 15.1 Å². The van der Waals surface area contributed by atoms with Gasteiger partial charge < -0.3 is 9.26 Å². The van der Waals surface area contributed by atoms with Gasteiger partial charge in [0.05, 0.1) is 6.20 Å². The molecule has 3 aromatic rings. The first-order chi connectivity index (χ1) is 10.9. The van der Waals surface area contributed by atoms with Crippen molar-refractivity contribution in [2.45, 2.75) is 6.18 Å². The summed E-state index contributed by atoms with van der Waals surface area (Å²) in [6, 6.07) is 10.6. The lowest BCUT2D eigenvalue weighted by molar-refractivity contribution is -0.159. The van der Waals surface area contributed by atoms with Crippen LogP contribution in [0, 0.1) is 6.07 Å². The van der Waals surface area contributed by atoms with E-state index in [-0.39, 0.29) is 11.6 Å². The van der Waals surface area contributed by atoms with Gasteiger partial charge in [0.1, 0.15) is 16.1 Å². The monoisotopic (exact) mass is 384 g/mol. The minimum atomic E-state index is -4.69. The van der Waals surface area contributed by atoms with Gasteiger partial charge in [0.2, 0.25) is 5.82 Å². The number of hydrogen-bond donors (Lipinski definition) is 0. The Kier molecular flexibility index (Phi) is 4.03. The van der Waals surface area contributed by atoms with Gasteiger partial charge in [0.25, 0.3) is 0 Å². The summed E-state index contributed by atoms with van der Waals surface area (Å²) in [5.41, 5.74) is 0.308. The third-order valence-corrected chi connectivity index (χ3v) is 3.10. The molecule has 9 heteroatoms. The highest BCUT2D eigenvalue weighted by molar-refractivity contribution is 9.10. The lowest BCUT2D eigenvalue weighted by atomic mass is 10.2. The van der Waals surface area contributed by atoms with Gasteiger partial charge in [0.15, 0.2) is 0 Å². The molecule has 5 nitrogen and oxygen atoms in total. The van der Waals surface area contributed by atoms with Crippen LogP contribution in [0.25, 0.3) is 11.4 Å². The molecule has 0 atom stereocenters. The van der Waals surface area contributed by atoms with Crippen molar-refractivity contribution in [1.29, 1.82) is 0 Å². The van der Waals surface area contributed by atoms with Crippen LogP contribution in [0.2, 0.25) is 0 Å². The maximum atomic E-state index is 12.5. The summed E-state index contributed by atoms with van der Waals surface area (Å²) in [5, 5.41) is 3.32. The van der Waals surface area contributed by atoms with Gasteiger partial charge in [-0.2, -0.15) is 18.2 Å². The highest BCUT2D eigenvalue weighted by atomic mass is 79.9. The van der Waals surface area contributed by atoms with Crippen LogP contribution < -0.4 is 4.74 Å². The number of pyridine rings is 1. The smallest absolute Gasteiger partial charge is 0.455 e. The van der Waals surface area contributed by atoms with Gasteiger partial charge in [-0.15, -0.1) is 0 Å². The molecule has 2 aromatic heterocycles. The Morgan fingerprint density at radius 3 is 2.70 bits per heavy atom. The van der Waals surface area contributed by atoms with E-state index < -0.39 is 12.1 Å². The number of ether oxygens (including phenoxy) is 1. The molecule has 0 saturated heterocycles. The van der Waals surface area contributed by atoms with E-state index in [0.717, 1.165) is 0 Å². The summed E-state index contributed by atoms with van der Waals surface area (Å²) in [6.07, 6.45) is -3.20. The fraction of sp³-hybridized carbons (Fsp3) is 0.0714. The quantitative estimate of drug-likeness (QED) is 0.622. The summed E-state index contributed by atoms with van der Waals surface area (Å²) in [6.45, 7) is 0. The Labute approximate surface area is 136 Å². The van der Waals surface area contributed by atoms with Gasteiger partial charge in [-0.3, -0.25) is 0 Å². The molecule has 117 valence electrons. The SMILES string of the molecule is FC(F)(F)c1nc(-c2cc[c]c(Oc3ccc(Br)nc3)c2)no1. The van der Waals surface area contributed by atoms with Crippen molar-refractivity contribution < 1.29 is 22.4 Å². The van der Waals surface area contributed by atoms with Crippen molar-refractivity contribution >= 4 is 15.9 Å². The zero-order valence-electron chi connectivity index (χ0n) is 11.1. The van der Waals surface area contributed by atoms with E-state index in [1.54, 1.807) is 12.1 Å². The van der Waals surface area contributed by atoms with Gasteiger partial charge in [-0.1, -0.05) is 11.2 Å². The largest absolute Gasteiger partial charge is 0.471 e. The average Bonchev–Trinajstić information content (AvgIpc) is 3.00. The number of nitrogens with zero attached hydrogens (tertiary/aromatic N) is 3. The van der Waals surface area contributed by atoms with Crippen LogP contribution in [0.4, 0.5) is 13.2 Å². The predicted molar refractivity (Wildman–Crippen MR) is 75.6 cm³/mol. The van der Waals surface area contributed by atoms with E-state index in [1.807, 2.05) is 0 Å². The van der Waals surface area contributed by atoms with Gasteiger partial charge in [-0.05, 0) is 40.2 Å². The summed E-state index contributed by atoms with van der Waals surface area (Å²) in [4.78, 5) is 7.32. The van der Waals surface area contributed by atoms with Gasteiger partial charge in [0, 0.05) is 11.6 Å². The van der Waals surface area contributed by atoms with Gasteiger partial charge >= 0.3 is 12.1 Å². The molecule has 0 aliphatic heterocycles. The minimum absolute atomic E-state index is 0.190. The molecule has 1 radical (unpaired) electrons. The molecule has 1 aromatic carbocycles. The molecular weight excluding hydrogens is 379 g/mol. The van der Waals surface area contributed by atoms with E-state index in [1.165, 1.54) is 24.4 Å². The van der Waals surface area contributed by atoms with Crippen LogP contribution in [-0.4, -0.2) is 15.1 Å². The third kappa shape index (κ3) is 3.67. The Balaban J connectivity index is 1.85. The number of halogens is 4. The fourth-order valence-corrected chi connectivity index (χ4v) is 1.88. The third-order valence-electron chi connectivity index (χ3n) is 2.63. The van der Waals surface area contributed by atoms with Crippen molar-refractivity contribution in [3.8, 4) is 22.9 Å². The molecule has 23 heavy (non-hydrogen) atoms. The lowest BCUT2D eigenvalue weighted by Crippen LogP contribution is -2.04. The highest BCUT2D eigenvalue weighted by Gasteiger charge is 2.38. The molecule has 0 aliphatic rings. The van der Waals surface area contributed by atoms with E-state index in [4.69, 9.17) is 4.74 Å². The Morgan fingerprint density at radius 1 is 1.22 bits per heavy atom. The van der Waals surface area contributed by atoms with Crippen molar-refractivity contribution in [2.75, 3.05) is 0 Å². The van der Waals surface area contributed by atoms with Crippen LogP contribution in [0.3, 0.4) is 0 Å². The summed E-state index contributed by atoms with van der Waals surface area (Å²) >= 11 is 3.20. The minimum Gasteiger partial charge on any atom is -0.455 e. The second kappa shape index (κ2) is 5.99. The van der Waals surface area contributed by atoms with Crippen molar-refractivity contribution in [3.05, 3.63) is 53.1 Å². The van der Waals surface area contributed by atoms with Crippen molar-refractivity contribution in [3.63, 3.8) is 0 Å². The van der Waals surface area contributed by atoms with Crippen LogP contribution in [0.5, 0.6) is 11.5 Å². The lowest BCUT2D eigenvalue weighted by Gasteiger charge is -2.05. The normalized spacial score (nSPS) is 11.5. The summed E-state index contributed by atoms with van der Waals surface area (Å²) in [7, 11) is 0. The second-order valence-corrected chi connectivity index (χ2v) is 5.09. The fourth-order valence-electron chi connectivity index (χ4n) is 1.65.